The zero-order valence-electron chi connectivity index (χ0n) is 38.3. The maximum absolute atomic E-state index is 14.4. The molecule has 1 aromatic heterocycles. The first-order valence-electron chi connectivity index (χ1n) is 23.1. The van der Waals surface area contributed by atoms with Crippen LogP contribution in [0.25, 0.3) is 10.9 Å². The number of pyridine rings is 1. The van der Waals surface area contributed by atoms with Crippen molar-refractivity contribution in [2.75, 3.05) is 19.6 Å². The Hall–Kier alpha value is -5.41. The van der Waals surface area contributed by atoms with Crippen molar-refractivity contribution in [1.82, 2.24) is 31.2 Å². The van der Waals surface area contributed by atoms with E-state index in [9.17, 15) is 28.8 Å². The van der Waals surface area contributed by atoms with Crippen LogP contribution in [-0.2, 0) is 35.1 Å². The van der Waals surface area contributed by atoms with Gasteiger partial charge in [0.25, 0.3) is 5.91 Å². The van der Waals surface area contributed by atoms with Crippen LogP contribution in [0.5, 0.6) is 0 Å². The first kappa shape index (κ1) is 49.6. The number of carbonyl (C=O) groups excluding carboxylic acids is 6. The number of benzene rings is 2. The summed E-state index contributed by atoms with van der Waals surface area (Å²) in [5.74, 6) is -2.19. The van der Waals surface area contributed by atoms with Crippen LogP contribution < -0.4 is 32.7 Å². The molecule has 0 unspecified atom stereocenters. The van der Waals surface area contributed by atoms with E-state index in [2.05, 4.69) is 31.2 Å². The third kappa shape index (κ3) is 15.1. The molecule has 15 heteroatoms. The molecule has 5 rings (SSSR count). The quantitative estimate of drug-likeness (QED) is 0.0657. The maximum Gasteiger partial charge on any atom is 0.306 e. The van der Waals surface area contributed by atoms with Crippen molar-refractivity contribution in [2.24, 2.45) is 29.2 Å². The van der Waals surface area contributed by atoms with Gasteiger partial charge in [0.1, 0.15) is 17.8 Å². The molecule has 3 aromatic rings. The fourth-order valence-corrected chi connectivity index (χ4v) is 8.80. The minimum absolute atomic E-state index is 0.0101. The van der Waals surface area contributed by atoms with Crippen molar-refractivity contribution in [1.29, 1.82) is 0 Å². The van der Waals surface area contributed by atoms with Gasteiger partial charge in [0.05, 0.1) is 30.1 Å². The Kier molecular flexibility index (Phi) is 18.2. The van der Waals surface area contributed by atoms with E-state index in [0.717, 1.165) is 36.6 Å². The van der Waals surface area contributed by atoms with Crippen LogP contribution in [0, 0.1) is 17.8 Å². The number of unbranched alkanes of at least 4 members (excludes halogenated alkanes) is 2. The largest absolute Gasteiger partial charge is 0.459 e. The Morgan fingerprint density at radius 3 is 2.27 bits per heavy atom. The summed E-state index contributed by atoms with van der Waals surface area (Å²) in [6.45, 7) is 10.8. The van der Waals surface area contributed by atoms with Gasteiger partial charge >= 0.3 is 5.97 Å². The third-order valence-corrected chi connectivity index (χ3v) is 12.3. The van der Waals surface area contributed by atoms with Crippen LogP contribution in [-0.4, -0.2) is 101 Å². The Labute approximate surface area is 378 Å². The van der Waals surface area contributed by atoms with Crippen LogP contribution in [0.15, 0.2) is 66.7 Å². The summed E-state index contributed by atoms with van der Waals surface area (Å²) in [5.41, 5.74) is 12.6. The molecule has 5 amide bonds. The van der Waals surface area contributed by atoms with E-state index in [4.69, 9.17) is 16.2 Å². The SMILES string of the molecule is CC(C)[C@@H](N)C(=O)NCCCCCC(=O)O[C@H](CN1C[C@H]2CCCC[C@H]2C[C@H]1C(=O)NC(C)(C)C)[C@H](Cc1ccccc1)NC(=O)[C@H](CC(N)=O)NC(=O)c1ccc2ccccc2n1. The van der Waals surface area contributed by atoms with Crippen molar-refractivity contribution in [3.05, 3.63) is 78.0 Å². The van der Waals surface area contributed by atoms with Crippen LogP contribution in [0.3, 0.4) is 0 Å². The number of nitrogens with zero attached hydrogens (tertiary/aromatic N) is 2. The highest BCUT2D eigenvalue weighted by Gasteiger charge is 2.43. The highest BCUT2D eigenvalue weighted by Crippen LogP contribution is 2.39. The molecule has 64 heavy (non-hydrogen) atoms. The molecule has 15 nitrogen and oxygen atoms in total. The van der Waals surface area contributed by atoms with Gasteiger partial charge in [-0.1, -0.05) is 94.1 Å². The smallest absolute Gasteiger partial charge is 0.306 e. The molecule has 0 spiro atoms. The lowest BCUT2D eigenvalue weighted by molar-refractivity contribution is -0.154. The molecule has 1 saturated heterocycles. The van der Waals surface area contributed by atoms with Crippen LogP contribution in [0.2, 0.25) is 0 Å². The first-order valence-corrected chi connectivity index (χ1v) is 23.1. The molecule has 1 aliphatic carbocycles. The minimum Gasteiger partial charge on any atom is -0.459 e. The molecule has 1 aliphatic heterocycles. The lowest BCUT2D eigenvalue weighted by atomic mass is 9.72. The standard InChI is InChI=1S/C49H70N8O7/c1-31(2)44(51)48(63)52-25-15-7-10-22-43(59)64-41(30-57-29-35-20-12-11-19-34(35)27-40(57)47(62)56-49(3,4)5)38(26-32-16-8-6-9-17-32)54-46(61)39(28-42(50)58)55-45(60)37-24-23-33-18-13-14-21-36(33)53-37/h6,8-9,13-14,16-18,21,23-24,31,34-35,38-41,44H,7,10-12,15,19-20,22,25-30,51H2,1-5H3,(H2,50,58)(H,52,63)(H,54,61)(H,55,60)(H,56,62)/t34-,35+,38-,39-,40-,41+,44+/m0/s1. The molecule has 2 aromatic carbocycles. The topological polar surface area (TPSA) is 228 Å². The summed E-state index contributed by atoms with van der Waals surface area (Å²) in [6, 6.07) is 16.7. The van der Waals surface area contributed by atoms with Gasteiger partial charge in [0.2, 0.25) is 23.6 Å². The van der Waals surface area contributed by atoms with E-state index in [1.165, 1.54) is 0 Å². The number of nitrogens with two attached hydrogens (primary N) is 2. The monoisotopic (exact) mass is 883 g/mol. The average Bonchev–Trinajstić information content (AvgIpc) is 3.25. The Balaban J connectivity index is 1.41. The van der Waals surface area contributed by atoms with Crippen molar-refractivity contribution in [3.8, 4) is 0 Å². The summed E-state index contributed by atoms with van der Waals surface area (Å²) in [6.07, 6.45) is 5.62. The van der Waals surface area contributed by atoms with Gasteiger partial charge in [-0.15, -0.1) is 0 Å². The summed E-state index contributed by atoms with van der Waals surface area (Å²) >= 11 is 0. The summed E-state index contributed by atoms with van der Waals surface area (Å²) < 4.78 is 6.41. The van der Waals surface area contributed by atoms with Crippen molar-refractivity contribution >= 4 is 46.4 Å². The number of ether oxygens (including phenoxy) is 1. The summed E-state index contributed by atoms with van der Waals surface area (Å²) in [5, 5.41) is 12.6. The van der Waals surface area contributed by atoms with E-state index in [0.29, 0.717) is 56.1 Å². The predicted molar refractivity (Wildman–Crippen MR) is 246 cm³/mol. The molecule has 2 fully saturated rings. The normalized spacial score (nSPS) is 19.6. The van der Waals surface area contributed by atoms with E-state index in [-0.39, 0.29) is 42.8 Å². The van der Waals surface area contributed by atoms with Gasteiger partial charge < -0.3 is 37.5 Å². The maximum atomic E-state index is 14.4. The highest BCUT2D eigenvalue weighted by atomic mass is 16.5. The number of nitrogens with one attached hydrogen (secondary N) is 4. The molecule has 348 valence electrons. The fraction of sp³-hybridized carbons (Fsp3) is 0.571. The van der Waals surface area contributed by atoms with Gasteiger partial charge in [-0.3, -0.25) is 33.7 Å². The number of aromatic nitrogens is 1. The second-order valence-corrected chi connectivity index (χ2v) is 19.0. The molecule has 7 atom stereocenters. The molecule has 1 saturated carbocycles. The van der Waals surface area contributed by atoms with Crippen LogP contribution >= 0.6 is 0 Å². The van der Waals surface area contributed by atoms with Crippen molar-refractivity contribution in [2.45, 2.75) is 141 Å². The molecular weight excluding hydrogens is 813 g/mol. The number of likely N-dealkylation sites (tertiary alicyclic amines) is 1. The number of hydrogen-bond acceptors (Lipinski definition) is 10. The van der Waals surface area contributed by atoms with Crippen molar-refractivity contribution in [3.63, 3.8) is 0 Å². The molecule has 2 aliphatic rings. The molecule has 0 bridgehead atoms. The number of amides is 5. The van der Waals surface area contributed by atoms with Gasteiger partial charge in [0, 0.05) is 37.0 Å². The van der Waals surface area contributed by atoms with Gasteiger partial charge in [0.15, 0.2) is 0 Å². The average molecular weight is 883 g/mol. The van der Waals surface area contributed by atoms with E-state index < -0.39 is 65.9 Å². The Bertz CT molecular complexity index is 2060. The number of para-hydroxylation sites is 1. The number of hydrogen-bond donors (Lipinski definition) is 6. The molecule has 8 N–H and O–H groups in total. The minimum atomic E-state index is -1.38. The number of fused-ring (bicyclic) bond motifs is 2. The Morgan fingerprint density at radius 1 is 0.859 bits per heavy atom. The highest BCUT2D eigenvalue weighted by molar-refractivity contribution is 5.99. The lowest BCUT2D eigenvalue weighted by Gasteiger charge is -2.47. The summed E-state index contributed by atoms with van der Waals surface area (Å²) in [7, 11) is 0. The van der Waals surface area contributed by atoms with E-state index >= 15 is 0 Å². The first-order chi connectivity index (χ1) is 30.5. The van der Waals surface area contributed by atoms with Gasteiger partial charge in [-0.05, 0) is 88.3 Å². The number of carbonyl (C=O) groups is 6. The summed E-state index contributed by atoms with van der Waals surface area (Å²) in [4.78, 5) is 87.4. The second kappa shape index (κ2) is 23.5. The van der Waals surface area contributed by atoms with E-state index in [1.54, 1.807) is 24.3 Å². The molecule has 0 radical (unpaired) electrons. The third-order valence-electron chi connectivity index (χ3n) is 12.3. The van der Waals surface area contributed by atoms with Gasteiger partial charge in [-0.25, -0.2) is 4.98 Å². The zero-order chi connectivity index (χ0) is 46.4. The van der Waals surface area contributed by atoms with Crippen LogP contribution in [0.4, 0.5) is 0 Å². The number of piperidine rings is 1. The fourth-order valence-electron chi connectivity index (χ4n) is 8.80. The van der Waals surface area contributed by atoms with Crippen molar-refractivity contribution < 1.29 is 33.5 Å². The second-order valence-electron chi connectivity index (χ2n) is 19.0. The zero-order valence-corrected chi connectivity index (χ0v) is 38.3. The van der Waals surface area contributed by atoms with Crippen LogP contribution in [0.1, 0.15) is 115 Å². The number of primary amides is 1. The van der Waals surface area contributed by atoms with E-state index in [1.807, 2.05) is 77.1 Å². The molecular formula is C49H70N8O7. The Morgan fingerprint density at radius 2 is 1.56 bits per heavy atom. The predicted octanol–water partition coefficient (Wildman–Crippen LogP) is 4.30. The number of esters is 1. The number of rotatable bonds is 21. The lowest BCUT2D eigenvalue weighted by Crippen LogP contribution is -2.61. The molecule has 2 heterocycles. The van der Waals surface area contributed by atoms with Gasteiger partial charge in [-0.2, -0.15) is 0 Å².